The van der Waals surface area contributed by atoms with E-state index in [0.717, 1.165) is 70.3 Å². The minimum atomic E-state index is -0.275. The number of hydrogen-bond donors (Lipinski definition) is 1. The van der Waals surface area contributed by atoms with Gasteiger partial charge in [0.2, 0.25) is 11.9 Å². The zero-order valence-electron chi connectivity index (χ0n) is 24.2. The first-order chi connectivity index (χ1) is 19.4. The number of aliphatic imine (C=N–C) groups is 2. The van der Waals surface area contributed by atoms with Gasteiger partial charge in [-0.3, -0.25) is 4.79 Å². The third-order valence-corrected chi connectivity index (χ3v) is 8.71. The highest BCUT2D eigenvalue weighted by molar-refractivity contribution is 5.84. The Morgan fingerprint density at radius 2 is 1.82 bits per heavy atom. The molecule has 2 heterocycles. The summed E-state index contributed by atoms with van der Waals surface area (Å²) in [5, 5.41) is 9.34. The average Bonchev–Trinajstić information content (AvgIpc) is 3.00. The van der Waals surface area contributed by atoms with Crippen molar-refractivity contribution in [1.29, 1.82) is 0 Å². The standard InChI is InChI=1S/C32H45FN4O3/c1-4-23(2)20-35-32(34-3)37-17-13-25(14-18-37)22-40-28-9-10-29(30(33)19-28)26-5-7-27(8-6-26)31(39)36-15-11-24(21-38)12-16-36/h5,9-10,19-20,24-25,27,38H,3-4,6-8,11-18,21-22H2,1-2H3/b23-20+,35-32?. The highest BCUT2D eigenvalue weighted by Gasteiger charge is 2.30. The van der Waals surface area contributed by atoms with Crippen LogP contribution in [0.5, 0.6) is 5.75 Å². The van der Waals surface area contributed by atoms with Crippen LogP contribution in [-0.4, -0.2) is 72.9 Å². The highest BCUT2D eigenvalue weighted by Crippen LogP contribution is 2.34. The first kappa shape index (κ1) is 30.0. The Labute approximate surface area is 238 Å². The lowest BCUT2D eigenvalue weighted by molar-refractivity contribution is -0.137. The van der Waals surface area contributed by atoms with E-state index < -0.39 is 0 Å². The fourth-order valence-corrected chi connectivity index (χ4v) is 5.74. The molecule has 1 N–H and O–H groups in total. The molecule has 0 saturated carbocycles. The Morgan fingerprint density at radius 3 is 2.42 bits per heavy atom. The van der Waals surface area contributed by atoms with Gasteiger partial charge in [-0.25, -0.2) is 14.4 Å². The summed E-state index contributed by atoms with van der Waals surface area (Å²) in [4.78, 5) is 25.7. The number of guanidine groups is 1. The molecule has 218 valence electrons. The second-order valence-corrected chi connectivity index (χ2v) is 11.5. The van der Waals surface area contributed by atoms with Gasteiger partial charge in [0.15, 0.2) is 0 Å². The van der Waals surface area contributed by atoms with E-state index >= 15 is 4.39 Å². The van der Waals surface area contributed by atoms with Crippen molar-refractivity contribution in [3.8, 4) is 5.75 Å². The van der Waals surface area contributed by atoms with Crippen molar-refractivity contribution in [3.63, 3.8) is 0 Å². The van der Waals surface area contributed by atoms with E-state index in [9.17, 15) is 9.90 Å². The zero-order valence-corrected chi connectivity index (χ0v) is 24.2. The van der Waals surface area contributed by atoms with Gasteiger partial charge in [0, 0.05) is 56.5 Å². The number of carbonyl (C=O) groups is 1. The van der Waals surface area contributed by atoms with Gasteiger partial charge in [-0.05, 0) is 94.5 Å². The van der Waals surface area contributed by atoms with Crippen molar-refractivity contribution >= 4 is 24.2 Å². The minimum absolute atomic E-state index is 0.0342. The molecule has 40 heavy (non-hydrogen) atoms. The summed E-state index contributed by atoms with van der Waals surface area (Å²) < 4.78 is 21.1. The molecular weight excluding hydrogens is 507 g/mol. The molecule has 8 heteroatoms. The number of aliphatic hydroxyl groups is 1. The van der Waals surface area contributed by atoms with Crippen molar-refractivity contribution < 1.29 is 19.0 Å². The molecule has 2 fully saturated rings. The Balaban J connectivity index is 1.25. The molecule has 1 amide bonds. The predicted octanol–water partition coefficient (Wildman–Crippen LogP) is 5.70. The van der Waals surface area contributed by atoms with Crippen LogP contribution < -0.4 is 4.74 Å². The lowest BCUT2D eigenvalue weighted by Crippen LogP contribution is -2.42. The molecule has 3 aliphatic rings. The van der Waals surface area contributed by atoms with E-state index in [0.29, 0.717) is 48.6 Å². The predicted molar refractivity (Wildman–Crippen MR) is 159 cm³/mol. The van der Waals surface area contributed by atoms with Gasteiger partial charge in [0.05, 0.1) is 6.61 Å². The number of amides is 1. The lowest BCUT2D eigenvalue weighted by atomic mass is 9.85. The minimum Gasteiger partial charge on any atom is -0.493 e. The van der Waals surface area contributed by atoms with Crippen LogP contribution >= 0.6 is 0 Å². The molecule has 1 aromatic rings. The second kappa shape index (κ2) is 14.6. The van der Waals surface area contributed by atoms with Gasteiger partial charge in [-0.2, -0.15) is 0 Å². The second-order valence-electron chi connectivity index (χ2n) is 11.5. The largest absolute Gasteiger partial charge is 0.493 e. The maximum Gasteiger partial charge on any atom is 0.226 e. The Morgan fingerprint density at radius 1 is 1.12 bits per heavy atom. The number of nitrogens with zero attached hydrogens (tertiary/aromatic N) is 4. The number of carbonyl (C=O) groups excluding carboxylic acids is 1. The normalized spacial score (nSPS) is 21.8. The molecule has 0 spiro atoms. The zero-order chi connectivity index (χ0) is 28.5. The van der Waals surface area contributed by atoms with Gasteiger partial charge in [0.25, 0.3) is 0 Å². The number of halogens is 1. The Bertz CT molecular complexity index is 1120. The van der Waals surface area contributed by atoms with Gasteiger partial charge >= 0.3 is 0 Å². The van der Waals surface area contributed by atoms with Crippen LogP contribution in [0.15, 0.2) is 46.0 Å². The van der Waals surface area contributed by atoms with Crippen molar-refractivity contribution in [2.75, 3.05) is 39.4 Å². The number of allylic oxidation sites excluding steroid dienone is 3. The van der Waals surface area contributed by atoms with Gasteiger partial charge in [0.1, 0.15) is 11.6 Å². The van der Waals surface area contributed by atoms with Crippen LogP contribution in [0.1, 0.15) is 70.8 Å². The number of aliphatic hydroxyl groups excluding tert-OH is 1. The molecule has 0 bridgehead atoms. The summed E-state index contributed by atoms with van der Waals surface area (Å²) in [6.45, 7) is 11.7. The Kier molecular flexibility index (Phi) is 10.9. The lowest BCUT2D eigenvalue weighted by Gasteiger charge is -2.34. The van der Waals surface area contributed by atoms with Crippen molar-refractivity contribution in [3.05, 3.63) is 47.4 Å². The monoisotopic (exact) mass is 552 g/mol. The summed E-state index contributed by atoms with van der Waals surface area (Å²) in [5.41, 5.74) is 2.77. The number of ether oxygens (including phenoxy) is 1. The highest BCUT2D eigenvalue weighted by atomic mass is 19.1. The Hall–Kier alpha value is -3.00. The number of likely N-dealkylation sites (tertiary alicyclic amines) is 2. The molecule has 1 aliphatic carbocycles. The van der Waals surface area contributed by atoms with Crippen LogP contribution in [0.25, 0.3) is 5.57 Å². The number of rotatable bonds is 8. The van der Waals surface area contributed by atoms with Gasteiger partial charge in [-0.1, -0.05) is 18.6 Å². The van der Waals surface area contributed by atoms with Crippen molar-refractivity contribution in [2.24, 2.45) is 27.7 Å². The SMILES string of the molecule is C=NC(=N/C=C(\C)CC)N1CCC(COc2ccc(C3=CCC(C(=O)N4CCC(CO)CC4)CC3)c(F)c2)CC1. The molecule has 1 aromatic carbocycles. The molecular formula is C32H45FN4O3. The van der Waals surface area contributed by atoms with E-state index in [-0.39, 0.29) is 24.2 Å². The van der Waals surface area contributed by atoms with E-state index in [1.807, 2.05) is 29.3 Å². The number of piperidine rings is 2. The van der Waals surface area contributed by atoms with E-state index in [4.69, 9.17) is 4.74 Å². The first-order valence-electron chi connectivity index (χ1n) is 14.9. The van der Waals surface area contributed by atoms with Gasteiger partial charge in [-0.15, -0.1) is 0 Å². The fourth-order valence-electron chi connectivity index (χ4n) is 5.74. The van der Waals surface area contributed by atoms with Crippen LogP contribution in [0, 0.1) is 23.6 Å². The third-order valence-electron chi connectivity index (χ3n) is 8.71. The summed E-state index contributed by atoms with van der Waals surface area (Å²) in [6, 6.07) is 5.15. The molecule has 4 rings (SSSR count). The average molecular weight is 553 g/mol. The van der Waals surface area contributed by atoms with E-state index in [2.05, 4.69) is 35.4 Å². The number of hydrogen-bond acceptors (Lipinski definition) is 4. The van der Waals surface area contributed by atoms with Crippen LogP contribution in [0.4, 0.5) is 4.39 Å². The summed E-state index contributed by atoms with van der Waals surface area (Å²) in [5.74, 6) is 1.82. The van der Waals surface area contributed by atoms with Crippen LogP contribution in [0.2, 0.25) is 0 Å². The molecule has 0 radical (unpaired) electrons. The maximum absolute atomic E-state index is 15.1. The quantitative estimate of drug-likeness (QED) is 0.332. The number of benzene rings is 1. The molecule has 2 aliphatic heterocycles. The van der Waals surface area contributed by atoms with Crippen LogP contribution in [-0.2, 0) is 4.79 Å². The molecule has 2 saturated heterocycles. The van der Waals surface area contributed by atoms with Crippen molar-refractivity contribution in [1.82, 2.24) is 9.80 Å². The first-order valence-corrected chi connectivity index (χ1v) is 14.9. The van der Waals surface area contributed by atoms with E-state index in [1.165, 1.54) is 11.6 Å². The van der Waals surface area contributed by atoms with Gasteiger partial charge < -0.3 is 19.6 Å². The summed E-state index contributed by atoms with van der Waals surface area (Å²) in [6.07, 6.45) is 10.6. The third kappa shape index (κ3) is 7.80. The van der Waals surface area contributed by atoms with Crippen LogP contribution in [0.3, 0.4) is 0 Å². The molecule has 7 nitrogen and oxygen atoms in total. The summed E-state index contributed by atoms with van der Waals surface area (Å²) >= 11 is 0. The van der Waals surface area contributed by atoms with E-state index in [1.54, 1.807) is 0 Å². The fraction of sp³-hybridized carbons (Fsp3) is 0.594. The molecule has 1 atom stereocenters. The molecule has 1 unspecified atom stereocenters. The maximum atomic E-state index is 15.1. The smallest absolute Gasteiger partial charge is 0.226 e. The topological polar surface area (TPSA) is 77.7 Å². The summed E-state index contributed by atoms with van der Waals surface area (Å²) in [7, 11) is 0. The molecule has 0 aromatic heterocycles. The van der Waals surface area contributed by atoms with Crippen molar-refractivity contribution in [2.45, 2.75) is 65.2 Å².